The van der Waals surface area contributed by atoms with Crippen LogP contribution in [0.2, 0.25) is 0 Å². The van der Waals surface area contributed by atoms with Gasteiger partial charge in [0.2, 0.25) is 0 Å². The maximum atomic E-state index is 5.15. The fourth-order valence-corrected chi connectivity index (χ4v) is 5.98. The SMILES string of the molecule is CC(C)NC1(c2nc3c(s2)CCCC3)CCN2CCC1C2. The van der Waals surface area contributed by atoms with Gasteiger partial charge in [0.1, 0.15) is 5.01 Å². The number of aryl methyl sites for hydroxylation is 2. The van der Waals surface area contributed by atoms with Crippen molar-refractivity contribution < 1.29 is 0 Å². The fourth-order valence-electron chi connectivity index (χ4n) is 4.57. The molecule has 4 rings (SSSR count). The van der Waals surface area contributed by atoms with Crippen LogP contribution in [0.4, 0.5) is 0 Å². The molecule has 1 aromatic heterocycles. The van der Waals surface area contributed by atoms with Crippen molar-refractivity contribution in [2.24, 2.45) is 5.92 Å². The maximum Gasteiger partial charge on any atom is 0.114 e. The summed E-state index contributed by atoms with van der Waals surface area (Å²) in [7, 11) is 0. The number of rotatable bonds is 3. The predicted octanol–water partition coefficient (Wildman–Crippen LogP) is 2.94. The third-order valence-corrected chi connectivity index (χ3v) is 6.90. The molecule has 0 radical (unpaired) electrons. The molecule has 116 valence electrons. The first-order valence-electron chi connectivity index (χ1n) is 8.66. The highest BCUT2D eigenvalue weighted by Gasteiger charge is 2.49. The molecule has 3 unspecified atom stereocenters. The largest absolute Gasteiger partial charge is 0.303 e. The molecule has 2 aliphatic heterocycles. The Bertz CT molecular complexity index is 501. The lowest BCUT2D eigenvalue weighted by Crippen LogP contribution is -2.55. The Morgan fingerprint density at radius 1 is 1.29 bits per heavy atom. The van der Waals surface area contributed by atoms with Gasteiger partial charge in [-0.05, 0) is 64.8 Å². The second-order valence-corrected chi connectivity index (χ2v) is 8.49. The molecule has 3 atom stereocenters. The van der Waals surface area contributed by atoms with Crippen LogP contribution in [-0.4, -0.2) is 35.6 Å². The molecular weight excluding hydrogens is 278 g/mol. The van der Waals surface area contributed by atoms with Gasteiger partial charge in [-0.15, -0.1) is 11.3 Å². The average molecular weight is 305 g/mol. The molecule has 1 N–H and O–H groups in total. The lowest BCUT2D eigenvalue weighted by molar-refractivity contribution is 0.120. The molecule has 0 saturated carbocycles. The van der Waals surface area contributed by atoms with Gasteiger partial charge >= 0.3 is 0 Å². The first-order chi connectivity index (χ1) is 10.2. The van der Waals surface area contributed by atoms with Gasteiger partial charge in [-0.25, -0.2) is 4.98 Å². The Labute approximate surface area is 132 Å². The standard InChI is InChI=1S/C17H27N3S/c1-12(2)19-17(8-10-20-9-7-13(17)11-20)16-18-14-5-3-4-6-15(14)21-16/h12-13,19H,3-11H2,1-2H3. The van der Waals surface area contributed by atoms with Gasteiger partial charge < -0.3 is 10.2 Å². The average Bonchev–Trinajstić information content (AvgIpc) is 3.07. The summed E-state index contributed by atoms with van der Waals surface area (Å²) >= 11 is 2.03. The Balaban J connectivity index is 1.73. The molecule has 0 amide bonds. The number of hydrogen-bond acceptors (Lipinski definition) is 4. The highest BCUT2D eigenvalue weighted by Crippen LogP contribution is 2.45. The van der Waals surface area contributed by atoms with E-state index >= 15 is 0 Å². The third kappa shape index (κ3) is 2.36. The molecule has 0 spiro atoms. The number of fused-ring (bicyclic) bond motifs is 3. The predicted molar refractivity (Wildman–Crippen MR) is 87.9 cm³/mol. The number of thiazole rings is 1. The van der Waals surface area contributed by atoms with E-state index in [2.05, 4.69) is 24.1 Å². The number of nitrogens with one attached hydrogen (secondary N) is 1. The smallest absolute Gasteiger partial charge is 0.114 e. The van der Waals surface area contributed by atoms with Crippen LogP contribution >= 0.6 is 11.3 Å². The highest BCUT2D eigenvalue weighted by atomic mass is 32.1. The number of aromatic nitrogens is 1. The van der Waals surface area contributed by atoms with Crippen LogP contribution < -0.4 is 5.32 Å². The molecule has 3 heterocycles. The molecule has 1 aromatic rings. The molecule has 21 heavy (non-hydrogen) atoms. The van der Waals surface area contributed by atoms with Crippen LogP contribution in [0.1, 0.15) is 55.1 Å². The van der Waals surface area contributed by atoms with E-state index in [1.807, 2.05) is 11.3 Å². The molecule has 0 aromatic carbocycles. The van der Waals surface area contributed by atoms with Crippen molar-refractivity contribution in [3.05, 3.63) is 15.6 Å². The normalized spacial score (nSPS) is 35.2. The lowest BCUT2D eigenvalue weighted by atomic mass is 9.78. The van der Waals surface area contributed by atoms with E-state index in [4.69, 9.17) is 4.98 Å². The summed E-state index contributed by atoms with van der Waals surface area (Å²) in [6, 6.07) is 0.526. The number of nitrogens with zero attached hydrogens (tertiary/aromatic N) is 2. The van der Waals surface area contributed by atoms with Gasteiger partial charge in [-0.3, -0.25) is 0 Å². The quantitative estimate of drug-likeness (QED) is 0.930. The van der Waals surface area contributed by atoms with Crippen LogP contribution in [0.25, 0.3) is 0 Å². The summed E-state index contributed by atoms with van der Waals surface area (Å²) in [6.07, 6.45) is 7.74. The Morgan fingerprint density at radius 2 is 2.14 bits per heavy atom. The Kier molecular flexibility index (Phi) is 3.59. The molecule has 3 aliphatic rings. The van der Waals surface area contributed by atoms with Gasteiger partial charge in [0.05, 0.1) is 11.2 Å². The van der Waals surface area contributed by atoms with Crippen molar-refractivity contribution in [3.8, 4) is 0 Å². The van der Waals surface area contributed by atoms with Gasteiger partial charge in [0, 0.05) is 24.0 Å². The van der Waals surface area contributed by atoms with Crippen molar-refractivity contribution in [2.75, 3.05) is 19.6 Å². The van der Waals surface area contributed by atoms with Crippen LogP contribution in [0.3, 0.4) is 0 Å². The molecule has 2 bridgehead atoms. The lowest BCUT2D eigenvalue weighted by Gasteiger charge is -2.43. The van der Waals surface area contributed by atoms with Gasteiger partial charge in [0.25, 0.3) is 0 Å². The number of hydrogen-bond donors (Lipinski definition) is 1. The zero-order valence-electron chi connectivity index (χ0n) is 13.3. The Hall–Kier alpha value is -0.450. The van der Waals surface area contributed by atoms with Crippen molar-refractivity contribution in [2.45, 2.75) is 64.0 Å². The first-order valence-corrected chi connectivity index (χ1v) is 9.48. The summed E-state index contributed by atoms with van der Waals surface area (Å²) in [5.41, 5.74) is 1.58. The van der Waals surface area contributed by atoms with Gasteiger partial charge in [-0.2, -0.15) is 0 Å². The monoisotopic (exact) mass is 305 g/mol. The maximum absolute atomic E-state index is 5.15. The van der Waals surface area contributed by atoms with Crippen molar-refractivity contribution in [3.63, 3.8) is 0 Å². The second-order valence-electron chi connectivity index (χ2n) is 7.40. The summed E-state index contributed by atoms with van der Waals surface area (Å²) in [5, 5.41) is 5.38. The topological polar surface area (TPSA) is 28.2 Å². The van der Waals surface area contributed by atoms with Crippen LogP contribution in [-0.2, 0) is 18.4 Å². The molecule has 1 aliphatic carbocycles. The second kappa shape index (κ2) is 5.32. The number of piperidine rings is 1. The van der Waals surface area contributed by atoms with E-state index in [-0.39, 0.29) is 5.54 Å². The fraction of sp³-hybridized carbons (Fsp3) is 0.824. The van der Waals surface area contributed by atoms with E-state index in [1.165, 1.54) is 68.9 Å². The highest BCUT2D eigenvalue weighted by molar-refractivity contribution is 7.11. The zero-order chi connectivity index (χ0) is 14.4. The van der Waals surface area contributed by atoms with Crippen molar-refractivity contribution in [1.29, 1.82) is 0 Å². The van der Waals surface area contributed by atoms with Crippen molar-refractivity contribution >= 4 is 11.3 Å². The zero-order valence-corrected chi connectivity index (χ0v) is 14.1. The van der Waals surface area contributed by atoms with E-state index in [1.54, 1.807) is 4.88 Å². The third-order valence-electron chi connectivity index (χ3n) is 5.57. The van der Waals surface area contributed by atoms with E-state index in [9.17, 15) is 0 Å². The molecule has 4 heteroatoms. The van der Waals surface area contributed by atoms with Crippen LogP contribution in [0.15, 0.2) is 0 Å². The minimum atomic E-state index is 0.156. The van der Waals surface area contributed by atoms with Crippen molar-refractivity contribution in [1.82, 2.24) is 15.2 Å². The summed E-state index contributed by atoms with van der Waals surface area (Å²) in [4.78, 5) is 9.38. The van der Waals surface area contributed by atoms with Crippen LogP contribution in [0, 0.1) is 5.92 Å². The minimum Gasteiger partial charge on any atom is -0.303 e. The molecule has 3 nitrogen and oxygen atoms in total. The molecule has 2 fully saturated rings. The summed E-state index contributed by atoms with van der Waals surface area (Å²) < 4.78 is 0. The molecular formula is C17H27N3S. The minimum absolute atomic E-state index is 0.156. The van der Waals surface area contributed by atoms with Crippen LogP contribution in [0.5, 0.6) is 0 Å². The first kappa shape index (κ1) is 14.2. The van der Waals surface area contributed by atoms with E-state index in [0.717, 1.165) is 5.92 Å². The van der Waals surface area contributed by atoms with E-state index in [0.29, 0.717) is 6.04 Å². The van der Waals surface area contributed by atoms with E-state index < -0.39 is 0 Å². The molecule has 2 saturated heterocycles. The Morgan fingerprint density at radius 3 is 2.95 bits per heavy atom. The van der Waals surface area contributed by atoms with Gasteiger partial charge in [-0.1, -0.05) is 0 Å². The summed E-state index contributed by atoms with van der Waals surface area (Å²) in [5.74, 6) is 0.751. The van der Waals surface area contributed by atoms with Gasteiger partial charge in [0.15, 0.2) is 0 Å². The summed E-state index contributed by atoms with van der Waals surface area (Å²) in [6.45, 7) is 8.37.